The molecule has 19 heavy (non-hydrogen) atoms. The number of nitrogens with two attached hydrogens (primary N) is 1. The Balaban J connectivity index is 2.33. The molecule has 0 radical (unpaired) electrons. The molecule has 0 atom stereocenters. The molecule has 0 aliphatic rings. The van der Waals surface area contributed by atoms with Crippen molar-refractivity contribution in [3.8, 4) is 0 Å². The summed E-state index contributed by atoms with van der Waals surface area (Å²) < 4.78 is 0.689. The van der Waals surface area contributed by atoms with Gasteiger partial charge < -0.3 is 16.3 Å². The molecule has 7 heteroatoms. The van der Waals surface area contributed by atoms with Gasteiger partial charge in [-0.05, 0) is 47.0 Å². The lowest BCUT2D eigenvalue weighted by Gasteiger charge is -2.06. The van der Waals surface area contributed by atoms with Gasteiger partial charge in [0.1, 0.15) is 5.84 Å². The number of unbranched alkanes of at least 4 members (excludes halogenated alkanes) is 1. The number of nitrogens with one attached hydrogen (secondary N) is 1. The predicted molar refractivity (Wildman–Crippen MR) is 78.7 cm³/mol. The van der Waals surface area contributed by atoms with Crippen LogP contribution in [-0.2, 0) is 0 Å². The maximum absolute atomic E-state index is 11.8. The Kier molecular flexibility index (Phi) is 6.66. The largest absolute Gasteiger partial charge is 0.409 e. The molecule has 0 fully saturated rings. The lowest BCUT2D eigenvalue weighted by molar-refractivity contribution is 0.0953. The van der Waals surface area contributed by atoms with E-state index in [1.165, 1.54) is 0 Å². The van der Waals surface area contributed by atoms with E-state index < -0.39 is 0 Å². The van der Waals surface area contributed by atoms with E-state index in [2.05, 4.69) is 26.4 Å². The number of nitrogens with zero attached hydrogens (tertiary/aromatic N) is 1. The van der Waals surface area contributed by atoms with Gasteiger partial charge in [0, 0.05) is 23.0 Å². The summed E-state index contributed by atoms with van der Waals surface area (Å²) in [6.45, 7) is 0.539. The van der Waals surface area contributed by atoms with Crippen LogP contribution in [0.5, 0.6) is 0 Å². The van der Waals surface area contributed by atoms with Gasteiger partial charge in [-0.2, -0.15) is 0 Å². The molecule has 0 unspecified atom stereocenters. The number of benzene rings is 1. The molecule has 0 aromatic heterocycles. The number of carbonyl (C=O) groups is 1. The van der Waals surface area contributed by atoms with Crippen molar-refractivity contribution in [2.75, 3.05) is 6.54 Å². The highest BCUT2D eigenvalue weighted by molar-refractivity contribution is 9.10. The Labute approximate surface area is 124 Å². The molecule has 0 saturated carbocycles. The number of halogens is 2. The van der Waals surface area contributed by atoms with Crippen molar-refractivity contribution < 1.29 is 10.0 Å². The second-order valence-electron chi connectivity index (χ2n) is 3.93. The first-order valence-electron chi connectivity index (χ1n) is 5.74. The predicted octanol–water partition coefficient (Wildman–Crippen LogP) is 2.75. The summed E-state index contributed by atoms with van der Waals surface area (Å²) in [7, 11) is 0. The highest BCUT2D eigenvalue weighted by Gasteiger charge is 2.07. The molecule has 5 nitrogen and oxygen atoms in total. The van der Waals surface area contributed by atoms with E-state index in [9.17, 15) is 4.79 Å². The standard InChI is InChI=1S/C12H15BrClN3O2/c13-9-7-8(4-5-10(9)14)12(18)16-6-2-1-3-11(15)17-19/h4-5,7,19H,1-3,6H2,(H2,15,17)(H,16,18). The van der Waals surface area contributed by atoms with Crippen LogP contribution in [0.25, 0.3) is 0 Å². The Morgan fingerprint density at radius 2 is 2.21 bits per heavy atom. The van der Waals surface area contributed by atoms with Gasteiger partial charge in [-0.15, -0.1) is 0 Å². The second-order valence-corrected chi connectivity index (χ2v) is 5.19. The van der Waals surface area contributed by atoms with Crippen molar-refractivity contribution in [1.29, 1.82) is 0 Å². The number of rotatable bonds is 6. The van der Waals surface area contributed by atoms with Crippen molar-refractivity contribution in [2.24, 2.45) is 10.9 Å². The number of amides is 1. The molecule has 4 N–H and O–H groups in total. The third-order valence-electron chi connectivity index (χ3n) is 2.46. The molecule has 0 bridgehead atoms. The Morgan fingerprint density at radius 1 is 1.47 bits per heavy atom. The summed E-state index contributed by atoms with van der Waals surface area (Å²) in [6, 6.07) is 5.01. The molecule has 0 heterocycles. The number of oxime groups is 1. The zero-order valence-electron chi connectivity index (χ0n) is 10.2. The van der Waals surface area contributed by atoms with Crippen LogP contribution in [0.3, 0.4) is 0 Å². The lowest BCUT2D eigenvalue weighted by Crippen LogP contribution is -2.24. The van der Waals surface area contributed by atoms with Crippen molar-refractivity contribution >= 4 is 39.3 Å². The molecule has 0 saturated heterocycles. The van der Waals surface area contributed by atoms with E-state index in [1.807, 2.05) is 0 Å². The van der Waals surface area contributed by atoms with Crippen molar-refractivity contribution in [1.82, 2.24) is 5.32 Å². The molecule has 0 spiro atoms. The minimum atomic E-state index is -0.152. The maximum atomic E-state index is 11.8. The van der Waals surface area contributed by atoms with Crippen molar-refractivity contribution in [3.05, 3.63) is 33.3 Å². The average Bonchev–Trinajstić information content (AvgIpc) is 2.40. The topological polar surface area (TPSA) is 87.7 Å². The molecule has 0 aliphatic heterocycles. The second kappa shape index (κ2) is 8.01. The summed E-state index contributed by atoms with van der Waals surface area (Å²) in [5.41, 5.74) is 5.88. The zero-order valence-corrected chi connectivity index (χ0v) is 12.5. The van der Waals surface area contributed by atoms with Crippen LogP contribution < -0.4 is 11.1 Å². The first kappa shape index (κ1) is 15.8. The van der Waals surface area contributed by atoms with E-state index >= 15 is 0 Å². The molecule has 0 aliphatic carbocycles. The Morgan fingerprint density at radius 3 is 2.84 bits per heavy atom. The molecular formula is C12H15BrClN3O2. The van der Waals surface area contributed by atoms with Crippen LogP contribution in [0.15, 0.2) is 27.8 Å². The first-order chi connectivity index (χ1) is 9.04. The first-order valence-corrected chi connectivity index (χ1v) is 6.91. The van der Waals surface area contributed by atoms with Gasteiger partial charge in [-0.25, -0.2) is 0 Å². The SMILES string of the molecule is N/C(CCCCNC(=O)c1ccc(Cl)c(Br)c1)=N/O. The summed E-state index contributed by atoms with van der Waals surface area (Å²) >= 11 is 9.12. The van der Waals surface area contributed by atoms with Crippen molar-refractivity contribution in [3.63, 3.8) is 0 Å². The zero-order chi connectivity index (χ0) is 14.3. The summed E-state index contributed by atoms with van der Waals surface area (Å²) in [4.78, 5) is 11.8. The molecule has 1 rings (SSSR count). The highest BCUT2D eigenvalue weighted by Crippen LogP contribution is 2.23. The molecule has 1 amide bonds. The number of amidine groups is 1. The fourth-order valence-corrected chi connectivity index (χ4v) is 1.92. The van der Waals surface area contributed by atoms with Gasteiger partial charge in [0.25, 0.3) is 5.91 Å². The van der Waals surface area contributed by atoms with Crippen LogP contribution in [-0.4, -0.2) is 23.5 Å². The van der Waals surface area contributed by atoms with Gasteiger partial charge in [0.2, 0.25) is 0 Å². The molecule has 1 aromatic carbocycles. The Bertz CT molecular complexity index is 480. The van der Waals surface area contributed by atoms with Gasteiger partial charge in [-0.1, -0.05) is 16.8 Å². The van der Waals surface area contributed by atoms with E-state index in [1.54, 1.807) is 18.2 Å². The summed E-state index contributed by atoms with van der Waals surface area (Å²) in [6.07, 6.45) is 2.02. The van der Waals surface area contributed by atoms with Gasteiger partial charge in [0.15, 0.2) is 0 Å². The lowest BCUT2D eigenvalue weighted by atomic mass is 10.2. The quantitative estimate of drug-likeness (QED) is 0.243. The summed E-state index contributed by atoms with van der Waals surface area (Å²) in [5, 5.41) is 14.6. The van der Waals surface area contributed by atoms with Gasteiger partial charge in [-0.3, -0.25) is 4.79 Å². The van der Waals surface area contributed by atoms with Gasteiger partial charge >= 0.3 is 0 Å². The van der Waals surface area contributed by atoms with Crippen molar-refractivity contribution in [2.45, 2.75) is 19.3 Å². The molecule has 1 aromatic rings. The van der Waals surface area contributed by atoms with E-state index in [0.717, 1.165) is 12.8 Å². The van der Waals surface area contributed by atoms with E-state index in [-0.39, 0.29) is 11.7 Å². The molecular weight excluding hydrogens is 334 g/mol. The number of carbonyl (C=O) groups excluding carboxylic acids is 1. The third-order valence-corrected chi connectivity index (χ3v) is 3.67. The van der Waals surface area contributed by atoms with Crippen LogP contribution in [0.4, 0.5) is 0 Å². The third kappa shape index (κ3) is 5.48. The average molecular weight is 349 g/mol. The van der Waals surface area contributed by atoms with Crippen LogP contribution in [0.2, 0.25) is 5.02 Å². The minimum absolute atomic E-state index is 0.152. The van der Waals surface area contributed by atoms with Crippen LogP contribution in [0, 0.1) is 0 Å². The molecule has 104 valence electrons. The van der Waals surface area contributed by atoms with Crippen LogP contribution >= 0.6 is 27.5 Å². The Hall–Kier alpha value is -1.27. The fraction of sp³-hybridized carbons (Fsp3) is 0.333. The van der Waals surface area contributed by atoms with Gasteiger partial charge in [0.05, 0.1) is 5.02 Å². The van der Waals surface area contributed by atoms with E-state index in [4.69, 9.17) is 22.5 Å². The van der Waals surface area contributed by atoms with E-state index in [0.29, 0.717) is 28.0 Å². The number of hydrogen-bond donors (Lipinski definition) is 3. The normalized spacial score (nSPS) is 11.4. The van der Waals surface area contributed by atoms with Crippen LogP contribution in [0.1, 0.15) is 29.6 Å². The monoisotopic (exact) mass is 347 g/mol. The highest BCUT2D eigenvalue weighted by atomic mass is 79.9. The number of hydrogen-bond acceptors (Lipinski definition) is 3. The maximum Gasteiger partial charge on any atom is 0.251 e. The minimum Gasteiger partial charge on any atom is -0.409 e. The smallest absolute Gasteiger partial charge is 0.251 e. The summed E-state index contributed by atoms with van der Waals surface area (Å²) in [5.74, 6) is 0.0501. The fourth-order valence-electron chi connectivity index (χ4n) is 1.42.